The number of carbonyl (C=O) groups excluding carboxylic acids is 3. The minimum Gasteiger partial charge on any atom is -0.503 e. The van der Waals surface area contributed by atoms with Gasteiger partial charge in [-0.1, -0.05) is 12.8 Å². The smallest absolute Gasteiger partial charge is 0.271 e. The van der Waals surface area contributed by atoms with Crippen LogP contribution in [0.1, 0.15) is 38.2 Å². The van der Waals surface area contributed by atoms with Gasteiger partial charge in [-0.3, -0.25) is 14.4 Å². The van der Waals surface area contributed by atoms with E-state index in [1.54, 1.807) is 11.8 Å². The Hall–Kier alpha value is -3.04. The molecule has 1 aromatic carbocycles. The van der Waals surface area contributed by atoms with Crippen LogP contribution in [0.15, 0.2) is 23.6 Å². The molecule has 3 N–H and O–H groups in total. The van der Waals surface area contributed by atoms with Crippen LogP contribution in [0, 0.1) is 23.4 Å². The Morgan fingerprint density at radius 2 is 1.84 bits per heavy atom. The molecule has 31 heavy (non-hydrogen) atoms. The fraction of sp³-hybridized carbons (Fsp3) is 0.476. The van der Waals surface area contributed by atoms with Crippen molar-refractivity contribution in [2.45, 2.75) is 57.3 Å². The average Bonchev–Trinajstić information content (AvgIpc) is 2.70. The molecule has 2 heterocycles. The second-order valence-corrected chi connectivity index (χ2v) is 8.18. The van der Waals surface area contributed by atoms with E-state index in [1.165, 1.54) is 0 Å². The zero-order valence-electron chi connectivity index (χ0n) is 16.8. The van der Waals surface area contributed by atoms with Crippen molar-refractivity contribution in [3.63, 3.8) is 0 Å². The molecule has 2 fully saturated rings. The number of carbonyl (C=O) groups is 3. The van der Waals surface area contributed by atoms with Crippen molar-refractivity contribution in [1.82, 2.24) is 15.5 Å². The third-order valence-electron chi connectivity index (χ3n) is 6.37. The first kappa shape index (κ1) is 21.2. The number of rotatable bonds is 3. The summed E-state index contributed by atoms with van der Waals surface area (Å²) < 4.78 is 40.8. The summed E-state index contributed by atoms with van der Waals surface area (Å²) in [4.78, 5) is 39.8. The van der Waals surface area contributed by atoms with Crippen molar-refractivity contribution in [1.29, 1.82) is 0 Å². The number of allylic oxidation sites excluding steroid dienone is 1. The standard InChI is InChI=1S/C21H22F3N3O4/c1-9-16(20(30)25-8-11-12(23)6-10(22)7-13(11)24)18(28)19(29)17-21(31)26-14-4-2-3-5-15(14)27(9)17/h6-7,9,14-16,29H,2-5,8H2,1H3,(H,25,30)(H,26,31)/t9?,14-,15-,16?/m0/s1. The van der Waals surface area contributed by atoms with Gasteiger partial charge in [0.2, 0.25) is 11.7 Å². The van der Waals surface area contributed by atoms with Crippen molar-refractivity contribution in [2.24, 2.45) is 5.92 Å². The van der Waals surface area contributed by atoms with Crippen molar-refractivity contribution in [3.05, 3.63) is 46.6 Å². The van der Waals surface area contributed by atoms with Gasteiger partial charge in [0.15, 0.2) is 5.76 Å². The molecular formula is C21H22F3N3O4. The van der Waals surface area contributed by atoms with Crippen molar-refractivity contribution in [2.75, 3.05) is 0 Å². The van der Waals surface area contributed by atoms with Gasteiger partial charge in [-0.15, -0.1) is 0 Å². The molecule has 1 aliphatic carbocycles. The minimum absolute atomic E-state index is 0.139. The number of aliphatic hydroxyl groups is 1. The molecule has 4 atom stereocenters. The van der Waals surface area contributed by atoms with E-state index in [0.29, 0.717) is 12.1 Å². The lowest BCUT2D eigenvalue weighted by atomic mass is 9.80. The van der Waals surface area contributed by atoms with Gasteiger partial charge in [-0.05, 0) is 19.8 Å². The summed E-state index contributed by atoms with van der Waals surface area (Å²) in [6.07, 6.45) is 3.32. The van der Waals surface area contributed by atoms with Crippen LogP contribution < -0.4 is 10.6 Å². The predicted octanol–water partition coefficient (Wildman–Crippen LogP) is 1.82. The first-order valence-corrected chi connectivity index (χ1v) is 10.2. The third kappa shape index (κ3) is 3.53. The lowest BCUT2D eigenvalue weighted by Gasteiger charge is -2.51. The van der Waals surface area contributed by atoms with E-state index >= 15 is 0 Å². The number of halogens is 3. The molecular weight excluding hydrogens is 415 g/mol. The summed E-state index contributed by atoms with van der Waals surface area (Å²) in [6, 6.07) is -0.0865. The normalized spacial score (nSPS) is 28.1. The van der Waals surface area contributed by atoms with Crippen molar-refractivity contribution < 1.29 is 32.7 Å². The quantitative estimate of drug-likeness (QED) is 0.627. The number of hydrogen-bond acceptors (Lipinski definition) is 5. The molecule has 1 aromatic rings. The molecule has 7 nitrogen and oxygen atoms in total. The highest BCUT2D eigenvalue weighted by Gasteiger charge is 2.52. The van der Waals surface area contributed by atoms with E-state index < -0.39 is 64.9 Å². The summed E-state index contributed by atoms with van der Waals surface area (Å²) in [7, 11) is 0. The number of ketones is 1. The van der Waals surface area contributed by atoms with E-state index in [2.05, 4.69) is 10.6 Å². The van der Waals surface area contributed by atoms with Crippen molar-refractivity contribution >= 4 is 17.6 Å². The second kappa shape index (κ2) is 7.90. The highest BCUT2D eigenvalue weighted by Crippen LogP contribution is 2.38. The third-order valence-corrected chi connectivity index (χ3v) is 6.37. The van der Waals surface area contributed by atoms with Gasteiger partial charge < -0.3 is 20.6 Å². The van der Waals surface area contributed by atoms with Crippen LogP contribution in [0.5, 0.6) is 0 Å². The van der Waals surface area contributed by atoms with Gasteiger partial charge in [0.05, 0.1) is 0 Å². The maximum Gasteiger partial charge on any atom is 0.271 e. The molecule has 2 aliphatic heterocycles. The molecule has 0 spiro atoms. The van der Waals surface area contributed by atoms with E-state index in [9.17, 15) is 32.7 Å². The van der Waals surface area contributed by atoms with Crippen LogP contribution in [0.25, 0.3) is 0 Å². The van der Waals surface area contributed by atoms with Crippen LogP contribution in [0.2, 0.25) is 0 Å². The molecule has 1 saturated heterocycles. The summed E-state index contributed by atoms with van der Waals surface area (Å²) in [5, 5.41) is 15.6. The summed E-state index contributed by atoms with van der Waals surface area (Å²) in [6.45, 7) is 1.01. The van der Waals surface area contributed by atoms with Crippen LogP contribution in [-0.2, 0) is 20.9 Å². The molecule has 1 saturated carbocycles. The fourth-order valence-electron chi connectivity index (χ4n) is 4.88. The topological polar surface area (TPSA) is 98.7 Å². The van der Waals surface area contributed by atoms with E-state index in [1.807, 2.05) is 0 Å². The van der Waals surface area contributed by atoms with Crippen LogP contribution in [-0.4, -0.2) is 45.7 Å². The number of fused-ring (bicyclic) bond motifs is 3. The lowest BCUT2D eigenvalue weighted by molar-refractivity contribution is -0.142. The molecule has 0 aromatic heterocycles. The van der Waals surface area contributed by atoms with Crippen LogP contribution >= 0.6 is 0 Å². The van der Waals surface area contributed by atoms with Gasteiger partial charge in [0.1, 0.15) is 29.1 Å². The Morgan fingerprint density at radius 3 is 2.52 bits per heavy atom. The van der Waals surface area contributed by atoms with Crippen LogP contribution in [0.3, 0.4) is 0 Å². The maximum absolute atomic E-state index is 13.9. The predicted molar refractivity (Wildman–Crippen MR) is 102 cm³/mol. The number of hydrogen-bond donors (Lipinski definition) is 3. The largest absolute Gasteiger partial charge is 0.503 e. The molecule has 0 radical (unpaired) electrons. The molecule has 2 unspecified atom stereocenters. The number of amides is 2. The molecule has 166 valence electrons. The van der Waals surface area contributed by atoms with Crippen molar-refractivity contribution in [3.8, 4) is 0 Å². The molecule has 0 bridgehead atoms. The zero-order valence-corrected chi connectivity index (χ0v) is 16.8. The number of nitrogens with zero attached hydrogens (tertiary/aromatic N) is 1. The van der Waals surface area contributed by atoms with E-state index in [0.717, 1.165) is 25.7 Å². The molecule has 4 rings (SSSR count). The van der Waals surface area contributed by atoms with E-state index in [-0.39, 0.29) is 17.8 Å². The average molecular weight is 437 g/mol. The van der Waals surface area contributed by atoms with Gasteiger partial charge in [0, 0.05) is 42.4 Å². The first-order valence-electron chi connectivity index (χ1n) is 10.2. The Bertz CT molecular complexity index is 973. The Morgan fingerprint density at radius 1 is 1.19 bits per heavy atom. The fourth-order valence-corrected chi connectivity index (χ4v) is 4.88. The molecule has 3 aliphatic rings. The number of piperazine rings is 1. The highest BCUT2D eigenvalue weighted by atomic mass is 19.1. The maximum atomic E-state index is 13.9. The number of aliphatic hydroxyl groups excluding tert-OH is 1. The monoisotopic (exact) mass is 437 g/mol. The van der Waals surface area contributed by atoms with Gasteiger partial charge >= 0.3 is 0 Å². The van der Waals surface area contributed by atoms with Gasteiger partial charge in [-0.2, -0.15) is 0 Å². The number of benzene rings is 1. The Kier molecular flexibility index (Phi) is 5.40. The SMILES string of the molecule is CC1C(C(=O)NCc2c(F)cc(F)cc2F)C(=O)C(O)=C2C(=O)N[C@H]3CCCC[C@@H]3N21. The highest BCUT2D eigenvalue weighted by molar-refractivity contribution is 6.14. The zero-order chi connectivity index (χ0) is 22.4. The molecule has 2 amide bonds. The summed E-state index contributed by atoms with van der Waals surface area (Å²) >= 11 is 0. The first-order chi connectivity index (χ1) is 14.7. The second-order valence-electron chi connectivity index (χ2n) is 8.18. The number of nitrogens with one attached hydrogen (secondary N) is 2. The Balaban J connectivity index is 1.60. The minimum atomic E-state index is -1.37. The van der Waals surface area contributed by atoms with E-state index in [4.69, 9.17) is 0 Å². The summed E-state index contributed by atoms with van der Waals surface area (Å²) in [5.74, 6) is -7.91. The Labute approximate surface area is 176 Å². The lowest BCUT2D eigenvalue weighted by Crippen LogP contribution is -2.67. The molecule has 10 heteroatoms. The van der Waals surface area contributed by atoms with Gasteiger partial charge in [0.25, 0.3) is 5.91 Å². The van der Waals surface area contributed by atoms with Gasteiger partial charge in [-0.25, -0.2) is 13.2 Å². The number of Topliss-reactive ketones (excluding diaryl/α,β-unsaturated/α-hetero) is 1. The van der Waals surface area contributed by atoms with Crippen LogP contribution in [0.4, 0.5) is 13.2 Å². The summed E-state index contributed by atoms with van der Waals surface area (Å²) in [5.41, 5.74) is -0.684.